The van der Waals surface area contributed by atoms with Gasteiger partial charge in [0.1, 0.15) is 0 Å². The van der Waals surface area contributed by atoms with Crippen LogP contribution in [-0.2, 0) is 0 Å². The largest absolute Gasteiger partial charge is 0.324 e. The molecule has 0 spiro atoms. The van der Waals surface area contributed by atoms with Crippen LogP contribution in [-0.4, -0.2) is 15.9 Å². The summed E-state index contributed by atoms with van der Waals surface area (Å²) in [5.41, 5.74) is 5.88. The number of benzene rings is 2. The number of aryl methyl sites for hydroxylation is 3. The molecule has 0 aliphatic rings. The number of carbonyl (C=O) groups is 1. The molecule has 3 rings (SSSR count). The van der Waals surface area contributed by atoms with Crippen LogP contribution in [0, 0.1) is 32.1 Å². The molecule has 1 amide bonds. The number of carbonyl (C=O) groups excluding carboxylic acids is 1. The quantitative estimate of drug-likeness (QED) is 0.728. The summed E-state index contributed by atoms with van der Waals surface area (Å²) in [6.07, 6.45) is 2.96. The number of aromatic nitrogens is 2. The van der Waals surface area contributed by atoms with E-state index in [0.29, 0.717) is 22.8 Å². The second-order valence-electron chi connectivity index (χ2n) is 6.34. The van der Waals surface area contributed by atoms with Crippen molar-refractivity contribution in [2.45, 2.75) is 20.8 Å². The third-order valence-corrected chi connectivity index (χ3v) is 4.10. The van der Waals surface area contributed by atoms with Crippen molar-refractivity contribution >= 4 is 23.2 Å². The third-order valence-electron chi connectivity index (χ3n) is 4.10. The standard InChI is InChI=1S/C21H19N5O/c1-13-8-14(2)19(15(3)9-13)26-21-23-11-17(12-24-21)20(27)25-18-6-4-16(10-22)5-7-18/h4-9,11-12H,1-3H3,(H,25,27)(H,23,24,26). The molecule has 0 atom stereocenters. The lowest BCUT2D eigenvalue weighted by molar-refractivity contribution is 0.102. The van der Waals surface area contributed by atoms with Gasteiger partial charge in [-0.05, 0) is 56.2 Å². The first kappa shape index (κ1) is 18.1. The summed E-state index contributed by atoms with van der Waals surface area (Å²) < 4.78 is 0. The number of hydrogen-bond acceptors (Lipinski definition) is 5. The lowest BCUT2D eigenvalue weighted by Gasteiger charge is -2.12. The Kier molecular flexibility index (Phi) is 5.13. The summed E-state index contributed by atoms with van der Waals surface area (Å²) in [4.78, 5) is 20.8. The average molecular weight is 357 g/mol. The third kappa shape index (κ3) is 4.28. The van der Waals surface area contributed by atoms with Crippen molar-refractivity contribution < 1.29 is 4.79 Å². The van der Waals surface area contributed by atoms with Crippen LogP contribution in [0.25, 0.3) is 0 Å². The second kappa shape index (κ2) is 7.67. The van der Waals surface area contributed by atoms with Crippen LogP contribution in [0.4, 0.5) is 17.3 Å². The Morgan fingerprint density at radius 3 is 2.15 bits per heavy atom. The monoisotopic (exact) mass is 357 g/mol. The van der Waals surface area contributed by atoms with Crippen molar-refractivity contribution in [3.05, 3.63) is 76.6 Å². The van der Waals surface area contributed by atoms with E-state index >= 15 is 0 Å². The SMILES string of the molecule is Cc1cc(C)c(Nc2ncc(C(=O)Nc3ccc(C#N)cc3)cn2)c(C)c1. The average Bonchev–Trinajstić information content (AvgIpc) is 2.65. The summed E-state index contributed by atoms with van der Waals surface area (Å²) in [6.45, 7) is 6.12. The Labute approximate surface area is 157 Å². The van der Waals surface area contributed by atoms with Crippen molar-refractivity contribution in [2.75, 3.05) is 10.6 Å². The minimum Gasteiger partial charge on any atom is -0.324 e. The molecular formula is C21H19N5O. The topological polar surface area (TPSA) is 90.7 Å². The fourth-order valence-electron chi connectivity index (χ4n) is 2.83. The van der Waals surface area contributed by atoms with Gasteiger partial charge in [0.15, 0.2) is 0 Å². The smallest absolute Gasteiger partial charge is 0.258 e. The summed E-state index contributed by atoms with van der Waals surface area (Å²) in [5.74, 6) is 0.119. The number of amides is 1. The number of rotatable bonds is 4. The molecule has 6 heteroatoms. The molecule has 134 valence electrons. The van der Waals surface area contributed by atoms with Crippen LogP contribution in [0.15, 0.2) is 48.8 Å². The summed E-state index contributed by atoms with van der Waals surface area (Å²) in [5, 5.41) is 14.8. The fraction of sp³-hybridized carbons (Fsp3) is 0.143. The first-order chi connectivity index (χ1) is 13.0. The first-order valence-electron chi connectivity index (χ1n) is 8.44. The molecule has 2 N–H and O–H groups in total. The van der Waals surface area contributed by atoms with Gasteiger partial charge in [-0.2, -0.15) is 5.26 Å². The van der Waals surface area contributed by atoms with E-state index in [2.05, 4.69) is 39.7 Å². The Morgan fingerprint density at radius 1 is 1.00 bits per heavy atom. The highest BCUT2D eigenvalue weighted by Crippen LogP contribution is 2.24. The summed E-state index contributed by atoms with van der Waals surface area (Å²) in [7, 11) is 0. The van der Waals surface area contributed by atoms with E-state index in [1.54, 1.807) is 24.3 Å². The van der Waals surface area contributed by atoms with E-state index in [4.69, 9.17) is 5.26 Å². The number of nitriles is 1. The maximum absolute atomic E-state index is 12.3. The molecule has 0 saturated heterocycles. The molecule has 0 fully saturated rings. The van der Waals surface area contributed by atoms with Gasteiger partial charge in [-0.25, -0.2) is 9.97 Å². The lowest BCUT2D eigenvalue weighted by Crippen LogP contribution is -2.13. The zero-order chi connectivity index (χ0) is 19.4. The molecule has 0 aliphatic heterocycles. The van der Waals surface area contributed by atoms with Gasteiger partial charge >= 0.3 is 0 Å². The van der Waals surface area contributed by atoms with Crippen molar-refractivity contribution in [2.24, 2.45) is 0 Å². The number of hydrogen-bond donors (Lipinski definition) is 2. The number of nitrogens with one attached hydrogen (secondary N) is 2. The Hall–Kier alpha value is -3.72. The van der Waals surface area contributed by atoms with E-state index < -0.39 is 0 Å². The van der Waals surface area contributed by atoms with E-state index in [9.17, 15) is 4.79 Å². The predicted octanol–water partition coefficient (Wildman–Crippen LogP) is 4.27. The second-order valence-corrected chi connectivity index (χ2v) is 6.34. The van der Waals surface area contributed by atoms with Gasteiger partial charge in [-0.15, -0.1) is 0 Å². The maximum atomic E-state index is 12.3. The summed E-state index contributed by atoms with van der Waals surface area (Å²) in [6, 6.07) is 12.9. The molecular weight excluding hydrogens is 338 g/mol. The molecule has 0 unspecified atom stereocenters. The minimum absolute atomic E-state index is 0.311. The van der Waals surface area contributed by atoms with Crippen molar-refractivity contribution in [1.29, 1.82) is 5.26 Å². The van der Waals surface area contributed by atoms with Crippen LogP contribution in [0.2, 0.25) is 0 Å². The highest BCUT2D eigenvalue weighted by Gasteiger charge is 2.10. The lowest BCUT2D eigenvalue weighted by atomic mass is 10.1. The van der Waals surface area contributed by atoms with Crippen LogP contribution in [0.3, 0.4) is 0 Å². The van der Waals surface area contributed by atoms with Gasteiger partial charge in [0, 0.05) is 23.8 Å². The Morgan fingerprint density at radius 2 is 1.59 bits per heavy atom. The zero-order valence-corrected chi connectivity index (χ0v) is 15.4. The maximum Gasteiger partial charge on any atom is 0.258 e. The predicted molar refractivity (Wildman–Crippen MR) is 105 cm³/mol. The van der Waals surface area contributed by atoms with Crippen LogP contribution < -0.4 is 10.6 Å². The molecule has 0 aliphatic carbocycles. The van der Waals surface area contributed by atoms with Gasteiger partial charge in [0.2, 0.25) is 5.95 Å². The van der Waals surface area contributed by atoms with E-state index in [-0.39, 0.29) is 5.91 Å². The van der Waals surface area contributed by atoms with E-state index in [1.165, 1.54) is 18.0 Å². The van der Waals surface area contributed by atoms with Crippen molar-refractivity contribution in [3.8, 4) is 6.07 Å². The van der Waals surface area contributed by atoms with Gasteiger partial charge < -0.3 is 10.6 Å². The molecule has 2 aromatic carbocycles. The van der Waals surface area contributed by atoms with Gasteiger partial charge in [-0.3, -0.25) is 4.79 Å². The molecule has 3 aromatic rings. The summed E-state index contributed by atoms with van der Waals surface area (Å²) >= 11 is 0. The molecule has 1 aromatic heterocycles. The number of anilines is 3. The molecule has 1 heterocycles. The van der Waals surface area contributed by atoms with Crippen LogP contribution >= 0.6 is 0 Å². The van der Waals surface area contributed by atoms with E-state index in [1.807, 2.05) is 19.9 Å². The van der Waals surface area contributed by atoms with Crippen molar-refractivity contribution in [3.63, 3.8) is 0 Å². The normalized spacial score (nSPS) is 10.1. The molecule has 6 nitrogen and oxygen atoms in total. The molecule has 0 bridgehead atoms. The molecule has 0 saturated carbocycles. The highest BCUT2D eigenvalue weighted by atomic mass is 16.1. The van der Waals surface area contributed by atoms with Crippen LogP contribution in [0.5, 0.6) is 0 Å². The number of nitrogens with zero attached hydrogens (tertiary/aromatic N) is 3. The van der Waals surface area contributed by atoms with Crippen LogP contribution in [0.1, 0.15) is 32.6 Å². The van der Waals surface area contributed by atoms with Crippen molar-refractivity contribution in [1.82, 2.24) is 9.97 Å². The Balaban J connectivity index is 1.71. The van der Waals surface area contributed by atoms with Gasteiger partial charge in [-0.1, -0.05) is 17.7 Å². The zero-order valence-electron chi connectivity index (χ0n) is 15.4. The highest BCUT2D eigenvalue weighted by molar-refractivity contribution is 6.03. The fourth-order valence-corrected chi connectivity index (χ4v) is 2.83. The molecule has 0 radical (unpaired) electrons. The first-order valence-corrected chi connectivity index (χ1v) is 8.44. The van der Waals surface area contributed by atoms with E-state index in [0.717, 1.165) is 16.8 Å². The van der Waals surface area contributed by atoms with Gasteiger partial charge in [0.05, 0.1) is 17.2 Å². The Bertz CT molecular complexity index is 995. The van der Waals surface area contributed by atoms with Gasteiger partial charge in [0.25, 0.3) is 5.91 Å². The molecule has 27 heavy (non-hydrogen) atoms. The minimum atomic E-state index is -0.311.